The van der Waals surface area contributed by atoms with E-state index in [1.807, 2.05) is 43.3 Å². The Morgan fingerprint density at radius 1 is 0.863 bits per heavy atom. The zero-order valence-corrected chi connectivity index (χ0v) is 31.2. The zero-order valence-electron chi connectivity index (χ0n) is 30.4. The molecule has 1 fully saturated rings. The van der Waals surface area contributed by atoms with E-state index in [2.05, 4.69) is 23.1 Å². The van der Waals surface area contributed by atoms with E-state index in [0.29, 0.717) is 39.5 Å². The lowest BCUT2D eigenvalue weighted by molar-refractivity contribution is -0.0820. The Labute approximate surface area is 303 Å². The predicted octanol–water partition coefficient (Wildman–Crippen LogP) is 4.92. The smallest absolute Gasteiger partial charge is 0.243 e. The number of hydrogen-bond donors (Lipinski definition) is 1. The van der Waals surface area contributed by atoms with Gasteiger partial charge >= 0.3 is 0 Å². The molecule has 2 aliphatic heterocycles. The minimum atomic E-state index is -3.86. The summed E-state index contributed by atoms with van der Waals surface area (Å²) in [5.41, 5.74) is 4.96. The minimum absolute atomic E-state index is 0.148. The molecule has 4 atom stereocenters. The van der Waals surface area contributed by atoms with Gasteiger partial charge in [0.25, 0.3) is 0 Å². The number of aliphatic hydroxyl groups is 1. The molecule has 0 saturated carbocycles. The first kappa shape index (κ1) is 39.1. The summed E-state index contributed by atoms with van der Waals surface area (Å²) in [5.74, 6) is 0.560. The van der Waals surface area contributed by atoms with Crippen molar-refractivity contribution in [2.24, 2.45) is 0 Å². The van der Waals surface area contributed by atoms with Gasteiger partial charge in [0.1, 0.15) is 12.4 Å². The predicted molar refractivity (Wildman–Crippen MR) is 196 cm³/mol. The van der Waals surface area contributed by atoms with Crippen molar-refractivity contribution in [2.75, 3.05) is 78.3 Å². The molecule has 0 aromatic heterocycles. The monoisotopic (exact) mass is 726 g/mol. The molecule has 0 aliphatic carbocycles. The van der Waals surface area contributed by atoms with Gasteiger partial charge in [-0.15, -0.1) is 0 Å². The molecule has 2 aliphatic rings. The molecule has 12 heteroatoms. The molecular weight excluding hydrogens is 673 g/mol. The number of ether oxygens (including phenoxy) is 6. The molecule has 2 heterocycles. The molecule has 3 aromatic rings. The van der Waals surface area contributed by atoms with Crippen LogP contribution in [0.4, 0.5) is 5.69 Å². The third-order valence-electron chi connectivity index (χ3n) is 9.38. The van der Waals surface area contributed by atoms with Gasteiger partial charge in [-0.05, 0) is 67.6 Å². The van der Waals surface area contributed by atoms with E-state index in [1.54, 1.807) is 33.3 Å². The number of methoxy groups -OCH3 is 2. The van der Waals surface area contributed by atoms with Crippen LogP contribution >= 0.6 is 0 Å². The standard InChI is InChI=1S/C39H54N2O9S/c1-29-6-13-34(14-7-29)51(43,44)41-25-37(48-20-16-30(2)42)39(33-11-8-31(9-12-33)27-47-23-22-46-4)38(26-41)50-28-32-10-15-36-35(24-32)40(18-21-49-36)17-5-19-45-3/h6-15,24,30,37-39,42H,5,16-23,25-28H2,1-4H3/t30-,37+,38-,39-/m0/s1. The summed E-state index contributed by atoms with van der Waals surface area (Å²) < 4.78 is 65.0. The molecule has 0 radical (unpaired) electrons. The molecule has 3 aromatic carbocycles. The number of aryl methyl sites for hydroxylation is 1. The topological polar surface area (TPSA) is 116 Å². The van der Waals surface area contributed by atoms with Gasteiger partial charge in [-0.25, -0.2) is 8.42 Å². The Kier molecular flexibility index (Phi) is 14.7. The van der Waals surface area contributed by atoms with Crippen molar-refractivity contribution in [2.45, 2.75) is 69.0 Å². The number of piperidine rings is 1. The third-order valence-corrected chi connectivity index (χ3v) is 11.2. The zero-order chi connectivity index (χ0) is 36.2. The number of aliphatic hydroxyl groups excluding tert-OH is 1. The fourth-order valence-corrected chi connectivity index (χ4v) is 8.01. The SMILES string of the molecule is COCCCN1CCOc2ccc(CO[C@H]3CN(S(=O)(=O)c4ccc(C)cc4)C[C@@H](OCC[C@H](C)O)[C@@H]3c3ccc(COCCOC)cc3)cc21. The van der Waals surface area contributed by atoms with E-state index in [-0.39, 0.29) is 37.1 Å². The molecule has 51 heavy (non-hydrogen) atoms. The highest BCUT2D eigenvalue weighted by Crippen LogP contribution is 2.37. The Balaban J connectivity index is 1.44. The average molecular weight is 727 g/mol. The van der Waals surface area contributed by atoms with Crippen molar-refractivity contribution >= 4 is 15.7 Å². The second kappa shape index (κ2) is 19.1. The van der Waals surface area contributed by atoms with Crippen molar-refractivity contribution in [3.63, 3.8) is 0 Å². The van der Waals surface area contributed by atoms with Crippen LogP contribution in [0.1, 0.15) is 47.9 Å². The Morgan fingerprint density at radius 3 is 2.27 bits per heavy atom. The molecule has 0 bridgehead atoms. The molecule has 1 saturated heterocycles. The molecule has 5 rings (SSSR count). The fourth-order valence-electron chi connectivity index (χ4n) is 6.54. The summed E-state index contributed by atoms with van der Waals surface area (Å²) >= 11 is 0. The number of nitrogens with zero attached hydrogens (tertiary/aromatic N) is 2. The third kappa shape index (κ3) is 10.7. The highest BCUT2D eigenvalue weighted by atomic mass is 32.2. The van der Waals surface area contributed by atoms with E-state index >= 15 is 0 Å². The van der Waals surface area contributed by atoms with Crippen LogP contribution in [0.15, 0.2) is 71.6 Å². The van der Waals surface area contributed by atoms with E-state index in [1.165, 1.54) is 4.31 Å². The molecule has 0 amide bonds. The number of rotatable bonds is 19. The van der Waals surface area contributed by atoms with Gasteiger partial charge in [0.05, 0.1) is 61.9 Å². The van der Waals surface area contributed by atoms with Gasteiger partial charge in [-0.3, -0.25) is 0 Å². The van der Waals surface area contributed by atoms with Gasteiger partial charge < -0.3 is 38.4 Å². The maximum Gasteiger partial charge on any atom is 0.243 e. The highest BCUT2D eigenvalue weighted by molar-refractivity contribution is 7.89. The Bertz CT molecular complexity index is 1600. The molecular formula is C39H54N2O9S. The summed E-state index contributed by atoms with van der Waals surface area (Å²) in [7, 11) is -0.505. The maximum atomic E-state index is 14.1. The normalized spacial score (nSPS) is 20.2. The second-order valence-corrected chi connectivity index (χ2v) is 15.3. The van der Waals surface area contributed by atoms with Crippen molar-refractivity contribution in [3.8, 4) is 5.75 Å². The number of hydrogen-bond acceptors (Lipinski definition) is 10. The molecule has 1 N–H and O–H groups in total. The van der Waals surface area contributed by atoms with Crippen LogP contribution in [0.5, 0.6) is 5.75 Å². The number of sulfonamides is 1. The summed E-state index contributed by atoms with van der Waals surface area (Å²) in [6.07, 6.45) is -0.287. The first-order valence-electron chi connectivity index (χ1n) is 17.8. The van der Waals surface area contributed by atoms with Crippen LogP contribution in [0, 0.1) is 6.92 Å². The van der Waals surface area contributed by atoms with E-state index < -0.39 is 28.3 Å². The van der Waals surface area contributed by atoms with E-state index in [9.17, 15) is 13.5 Å². The van der Waals surface area contributed by atoms with Crippen LogP contribution in [0.3, 0.4) is 0 Å². The Morgan fingerprint density at radius 2 is 1.57 bits per heavy atom. The first-order chi connectivity index (χ1) is 24.7. The van der Waals surface area contributed by atoms with Crippen molar-refractivity contribution in [1.82, 2.24) is 4.31 Å². The maximum absolute atomic E-state index is 14.1. The quantitative estimate of drug-likeness (QED) is 0.171. The largest absolute Gasteiger partial charge is 0.490 e. The molecule has 0 spiro atoms. The van der Waals surface area contributed by atoms with E-state index in [4.69, 9.17) is 28.4 Å². The second-order valence-electron chi connectivity index (χ2n) is 13.3. The van der Waals surface area contributed by atoms with Gasteiger partial charge in [-0.2, -0.15) is 4.31 Å². The van der Waals surface area contributed by atoms with Gasteiger partial charge in [0, 0.05) is 53.0 Å². The van der Waals surface area contributed by atoms with Crippen LogP contribution in [0.25, 0.3) is 0 Å². The lowest BCUT2D eigenvalue weighted by Gasteiger charge is -2.43. The lowest BCUT2D eigenvalue weighted by Crippen LogP contribution is -2.54. The van der Waals surface area contributed by atoms with Crippen LogP contribution in [-0.4, -0.2) is 110 Å². The first-order valence-corrected chi connectivity index (χ1v) is 19.3. The average Bonchev–Trinajstić information content (AvgIpc) is 3.13. The van der Waals surface area contributed by atoms with Crippen molar-refractivity contribution in [3.05, 3.63) is 89.0 Å². The minimum Gasteiger partial charge on any atom is -0.490 e. The number of fused-ring (bicyclic) bond motifs is 1. The summed E-state index contributed by atoms with van der Waals surface area (Å²) in [6, 6.07) is 21.2. The number of anilines is 1. The fraction of sp³-hybridized carbons (Fsp3) is 0.538. The van der Waals surface area contributed by atoms with Crippen molar-refractivity contribution < 1.29 is 41.9 Å². The van der Waals surface area contributed by atoms with Gasteiger partial charge in [-0.1, -0.05) is 48.0 Å². The van der Waals surface area contributed by atoms with E-state index in [0.717, 1.165) is 53.2 Å². The molecule has 0 unspecified atom stereocenters. The lowest BCUT2D eigenvalue weighted by atomic mass is 9.85. The highest BCUT2D eigenvalue weighted by Gasteiger charge is 2.43. The summed E-state index contributed by atoms with van der Waals surface area (Å²) in [5, 5.41) is 10.0. The van der Waals surface area contributed by atoms with Crippen LogP contribution in [0.2, 0.25) is 0 Å². The number of benzene rings is 3. The van der Waals surface area contributed by atoms with Crippen LogP contribution < -0.4 is 9.64 Å². The summed E-state index contributed by atoms with van der Waals surface area (Å²) in [6.45, 7) is 8.92. The van der Waals surface area contributed by atoms with Crippen LogP contribution in [-0.2, 0) is 46.9 Å². The molecule has 11 nitrogen and oxygen atoms in total. The molecule has 280 valence electrons. The summed E-state index contributed by atoms with van der Waals surface area (Å²) in [4.78, 5) is 2.54. The Hall–Kier alpha value is -3.07. The van der Waals surface area contributed by atoms with Crippen molar-refractivity contribution in [1.29, 1.82) is 0 Å². The van der Waals surface area contributed by atoms with Gasteiger partial charge in [0.2, 0.25) is 10.0 Å². The van der Waals surface area contributed by atoms with Gasteiger partial charge in [0.15, 0.2) is 0 Å².